The zero-order chi connectivity index (χ0) is 12.9. The molecule has 0 heterocycles. The van der Waals surface area contributed by atoms with Crippen LogP contribution in [0.25, 0.3) is 0 Å². The Balaban J connectivity index is 2.37. The van der Waals surface area contributed by atoms with Gasteiger partial charge in [-0.1, -0.05) is 29.3 Å². The lowest BCUT2D eigenvalue weighted by atomic mass is 10.3. The van der Waals surface area contributed by atoms with Crippen LogP contribution in [0.15, 0.2) is 18.2 Å². The fourth-order valence-corrected chi connectivity index (χ4v) is 2.31. The van der Waals surface area contributed by atoms with Crippen molar-refractivity contribution >= 4 is 33.2 Å². The summed E-state index contributed by atoms with van der Waals surface area (Å²) in [6.07, 6.45) is 1.01. The molecule has 0 radical (unpaired) electrons. The van der Waals surface area contributed by atoms with Gasteiger partial charge in [0.05, 0.1) is 22.4 Å². The first-order valence-corrected chi connectivity index (χ1v) is 7.44. The summed E-state index contributed by atoms with van der Waals surface area (Å²) < 4.78 is 26.7. The van der Waals surface area contributed by atoms with E-state index in [2.05, 4.69) is 0 Å². The third-order valence-electron chi connectivity index (χ3n) is 1.99. The van der Waals surface area contributed by atoms with Crippen molar-refractivity contribution in [3.8, 4) is 5.75 Å². The van der Waals surface area contributed by atoms with Gasteiger partial charge in [-0.05, 0) is 25.0 Å². The van der Waals surface area contributed by atoms with Gasteiger partial charge in [0.25, 0.3) is 0 Å². The molecular formula is C10H13Cl2NO3S. The van der Waals surface area contributed by atoms with E-state index in [-0.39, 0.29) is 5.75 Å². The maximum Gasteiger partial charge on any atom is 0.209 e. The first-order valence-electron chi connectivity index (χ1n) is 4.97. The summed E-state index contributed by atoms with van der Waals surface area (Å²) in [5.74, 6) is 0.374. The van der Waals surface area contributed by atoms with Gasteiger partial charge >= 0.3 is 0 Å². The van der Waals surface area contributed by atoms with Crippen molar-refractivity contribution < 1.29 is 13.2 Å². The van der Waals surface area contributed by atoms with E-state index in [1.165, 1.54) is 0 Å². The van der Waals surface area contributed by atoms with E-state index < -0.39 is 10.0 Å². The summed E-state index contributed by atoms with van der Waals surface area (Å²) in [6, 6.07) is 5.07. The molecule has 0 spiro atoms. The molecule has 0 aromatic heterocycles. The highest BCUT2D eigenvalue weighted by Gasteiger charge is 2.07. The van der Waals surface area contributed by atoms with Crippen molar-refractivity contribution in [2.45, 2.75) is 12.8 Å². The molecule has 0 atom stereocenters. The van der Waals surface area contributed by atoms with E-state index in [1.807, 2.05) is 0 Å². The Labute approximate surface area is 111 Å². The van der Waals surface area contributed by atoms with Crippen molar-refractivity contribution in [3.05, 3.63) is 28.2 Å². The minimum Gasteiger partial charge on any atom is -0.490 e. The van der Waals surface area contributed by atoms with Crippen molar-refractivity contribution in [2.24, 2.45) is 5.14 Å². The average molecular weight is 298 g/mol. The van der Waals surface area contributed by atoms with Crippen LogP contribution in [0.5, 0.6) is 5.75 Å². The third kappa shape index (κ3) is 5.59. The molecule has 1 rings (SSSR count). The minimum absolute atomic E-state index is 0.0490. The highest BCUT2D eigenvalue weighted by molar-refractivity contribution is 7.89. The Morgan fingerprint density at radius 3 is 2.29 bits per heavy atom. The highest BCUT2D eigenvalue weighted by atomic mass is 35.5. The number of benzene rings is 1. The van der Waals surface area contributed by atoms with Crippen LogP contribution in [0, 0.1) is 0 Å². The molecule has 0 saturated heterocycles. The zero-order valence-electron chi connectivity index (χ0n) is 9.03. The van der Waals surface area contributed by atoms with Gasteiger partial charge < -0.3 is 4.74 Å². The van der Waals surface area contributed by atoms with Crippen LogP contribution < -0.4 is 9.88 Å². The summed E-state index contributed by atoms with van der Waals surface area (Å²) in [5.41, 5.74) is 0. The number of ether oxygens (including phenoxy) is 1. The molecule has 0 fully saturated rings. The number of rotatable bonds is 6. The molecule has 96 valence electrons. The fourth-order valence-electron chi connectivity index (χ4n) is 1.20. The van der Waals surface area contributed by atoms with Crippen LogP contribution in [0.3, 0.4) is 0 Å². The number of hydrogen-bond acceptors (Lipinski definition) is 3. The molecule has 0 saturated carbocycles. The van der Waals surface area contributed by atoms with Gasteiger partial charge in [0.2, 0.25) is 10.0 Å². The lowest BCUT2D eigenvalue weighted by Gasteiger charge is -2.09. The Morgan fingerprint density at radius 1 is 1.18 bits per heavy atom. The van der Waals surface area contributed by atoms with Crippen LogP contribution in [0.1, 0.15) is 12.8 Å². The molecule has 1 aromatic carbocycles. The van der Waals surface area contributed by atoms with Gasteiger partial charge in [-0.3, -0.25) is 0 Å². The zero-order valence-corrected chi connectivity index (χ0v) is 11.4. The standard InChI is InChI=1S/C10H13Cl2NO3S/c11-8-4-3-5-9(12)10(8)16-6-1-2-7-17(13,14)15/h3-5H,1-2,6-7H2,(H2,13,14,15). The number of para-hydroxylation sites is 1. The second-order valence-electron chi connectivity index (χ2n) is 3.47. The van der Waals surface area contributed by atoms with Crippen molar-refractivity contribution in [1.82, 2.24) is 0 Å². The summed E-state index contributed by atoms with van der Waals surface area (Å²) >= 11 is 11.8. The predicted octanol–water partition coefficient (Wildman–Crippen LogP) is 2.44. The lowest BCUT2D eigenvalue weighted by Crippen LogP contribution is -2.16. The van der Waals surface area contributed by atoms with Crippen molar-refractivity contribution in [1.29, 1.82) is 0 Å². The first-order chi connectivity index (χ1) is 7.90. The van der Waals surface area contributed by atoms with Gasteiger partial charge in [-0.25, -0.2) is 13.6 Å². The Hall–Kier alpha value is -0.490. The molecule has 0 unspecified atom stereocenters. The van der Waals surface area contributed by atoms with Crippen molar-refractivity contribution in [2.75, 3.05) is 12.4 Å². The van der Waals surface area contributed by atoms with Gasteiger partial charge in [-0.2, -0.15) is 0 Å². The van der Waals surface area contributed by atoms with Crippen molar-refractivity contribution in [3.63, 3.8) is 0 Å². The monoisotopic (exact) mass is 297 g/mol. The number of unbranched alkanes of at least 4 members (excludes halogenated alkanes) is 1. The number of sulfonamides is 1. The molecule has 0 aliphatic carbocycles. The Morgan fingerprint density at radius 2 is 1.76 bits per heavy atom. The summed E-state index contributed by atoms with van der Waals surface area (Å²) in [5, 5.41) is 5.73. The molecule has 0 bridgehead atoms. The van der Waals surface area contributed by atoms with Crippen LogP contribution >= 0.6 is 23.2 Å². The molecule has 4 nitrogen and oxygen atoms in total. The van der Waals surface area contributed by atoms with E-state index in [9.17, 15) is 8.42 Å². The van der Waals surface area contributed by atoms with Crippen LogP contribution in [0.4, 0.5) is 0 Å². The van der Waals surface area contributed by atoms with Gasteiger partial charge in [0.15, 0.2) is 5.75 Å². The summed E-state index contributed by atoms with van der Waals surface area (Å²) in [4.78, 5) is 0. The largest absolute Gasteiger partial charge is 0.490 e. The molecule has 1 aromatic rings. The summed E-state index contributed by atoms with van der Waals surface area (Å²) in [6.45, 7) is 0.346. The Bertz CT molecular complexity index is 456. The van der Waals surface area contributed by atoms with E-state index >= 15 is 0 Å². The number of hydrogen-bond donors (Lipinski definition) is 1. The highest BCUT2D eigenvalue weighted by Crippen LogP contribution is 2.32. The van der Waals surface area contributed by atoms with E-state index in [4.69, 9.17) is 33.1 Å². The molecular weight excluding hydrogens is 285 g/mol. The fraction of sp³-hybridized carbons (Fsp3) is 0.400. The van der Waals surface area contributed by atoms with Crippen LogP contribution in [-0.4, -0.2) is 20.8 Å². The second kappa shape index (κ2) is 6.44. The quantitative estimate of drug-likeness (QED) is 0.820. The first kappa shape index (κ1) is 14.6. The maximum atomic E-state index is 10.7. The molecule has 2 N–H and O–H groups in total. The lowest BCUT2D eigenvalue weighted by molar-refractivity contribution is 0.310. The number of primary sulfonamides is 1. The molecule has 0 amide bonds. The van der Waals surface area contributed by atoms with Crippen LogP contribution in [0.2, 0.25) is 10.0 Å². The molecule has 0 aliphatic rings. The normalized spacial score (nSPS) is 11.5. The van der Waals surface area contributed by atoms with E-state index in [0.717, 1.165) is 0 Å². The number of nitrogens with two attached hydrogens (primary N) is 1. The topological polar surface area (TPSA) is 69.4 Å². The molecule has 0 aliphatic heterocycles. The minimum atomic E-state index is -3.39. The summed E-state index contributed by atoms with van der Waals surface area (Å²) in [7, 11) is -3.39. The van der Waals surface area contributed by atoms with E-state index in [0.29, 0.717) is 35.2 Å². The Kier molecular flexibility index (Phi) is 5.52. The average Bonchev–Trinajstić information content (AvgIpc) is 2.20. The van der Waals surface area contributed by atoms with Gasteiger partial charge in [0.1, 0.15) is 0 Å². The van der Waals surface area contributed by atoms with Crippen LogP contribution in [-0.2, 0) is 10.0 Å². The smallest absolute Gasteiger partial charge is 0.209 e. The second-order valence-corrected chi connectivity index (χ2v) is 6.02. The predicted molar refractivity (Wildman–Crippen MR) is 69.2 cm³/mol. The number of halogens is 2. The van der Waals surface area contributed by atoms with E-state index in [1.54, 1.807) is 18.2 Å². The molecule has 17 heavy (non-hydrogen) atoms. The third-order valence-corrected chi connectivity index (χ3v) is 3.44. The van der Waals surface area contributed by atoms with Gasteiger partial charge in [-0.15, -0.1) is 0 Å². The molecule has 7 heteroatoms. The SMILES string of the molecule is NS(=O)(=O)CCCCOc1c(Cl)cccc1Cl. The van der Waals surface area contributed by atoms with Gasteiger partial charge in [0, 0.05) is 0 Å². The maximum absolute atomic E-state index is 10.7.